The summed E-state index contributed by atoms with van der Waals surface area (Å²) in [5.74, 6) is 0.144. The number of amides is 1. The highest BCUT2D eigenvalue weighted by atomic mass is 16.3. The van der Waals surface area contributed by atoms with Gasteiger partial charge in [0.25, 0.3) is 0 Å². The highest BCUT2D eigenvalue weighted by Gasteiger charge is 2.21. The van der Waals surface area contributed by atoms with Gasteiger partial charge >= 0.3 is 0 Å². The number of nitrogens with zero attached hydrogens (tertiary/aromatic N) is 1. The highest BCUT2D eigenvalue weighted by molar-refractivity contribution is 5.95. The number of aliphatic hydroxyl groups is 1. The van der Waals surface area contributed by atoms with E-state index in [2.05, 4.69) is 0 Å². The van der Waals surface area contributed by atoms with E-state index in [1.807, 2.05) is 18.2 Å². The second-order valence-corrected chi connectivity index (χ2v) is 4.02. The van der Waals surface area contributed by atoms with Crippen molar-refractivity contribution in [3.63, 3.8) is 0 Å². The highest BCUT2D eigenvalue weighted by Crippen LogP contribution is 2.29. The van der Waals surface area contributed by atoms with Gasteiger partial charge in [0.05, 0.1) is 6.10 Å². The molecule has 0 aromatic heterocycles. The van der Waals surface area contributed by atoms with Crippen LogP contribution in [0.4, 0.5) is 5.69 Å². The lowest BCUT2D eigenvalue weighted by Gasteiger charge is -2.26. The molecule has 1 heterocycles. The molecule has 0 radical (unpaired) electrons. The fraction of sp³-hybridized carbons (Fsp3) is 0.417. The van der Waals surface area contributed by atoms with Crippen LogP contribution in [0.1, 0.15) is 30.6 Å². The van der Waals surface area contributed by atoms with E-state index in [4.69, 9.17) is 0 Å². The largest absolute Gasteiger partial charge is 0.389 e. The Morgan fingerprint density at radius 1 is 1.40 bits per heavy atom. The third kappa shape index (κ3) is 1.75. The number of aryl methyl sites for hydroxylation is 1. The molecule has 1 aliphatic heterocycles. The fourth-order valence-electron chi connectivity index (χ4n) is 1.91. The van der Waals surface area contributed by atoms with E-state index in [1.54, 1.807) is 18.9 Å². The molecule has 0 saturated carbocycles. The SMILES string of the molecule is CC(O)c1ccc2c(c1)N(C)C(=O)CC2. The summed E-state index contributed by atoms with van der Waals surface area (Å²) >= 11 is 0. The summed E-state index contributed by atoms with van der Waals surface area (Å²) in [6.45, 7) is 1.73. The Labute approximate surface area is 89.3 Å². The van der Waals surface area contributed by atoms with Crippen molar-refractivity contribution in [1.29, 1.82) is 0 Å². The van der Waals surface area contributed by atoms with Gasteiger partial charge in [-0.25, -0.2) is 0 Å². The van der Waals surface area contributed by atoms with Crippen LogP contribution < -0.4 is 4.90 Å². The zero-order valence-corrected chi connectivity index (χ0v) is 9.03. The lowest BCUT2D eigenvalue weighted by atomic mass is 9.98. The van der Waals surface area contributed by atoms with Gasteiger partial charge in [0, 0.05) is 19.2 Å². The molecule has 1 amide bonds. The Morgan fingerprint density at radius 2 is 2.13 bits per heavy atom. The molecule has 80 valence electrons. The molecule has 1 N–H and O–H groups in total. The van der Waals surface area contributed by atoms with E-state index >= 15 is 0 Å². The number of rotatable bonds is 1. The number of benzene rings is 1. The molecule has 1 atom stereocenters. The molecule has 0 spiro atoms. The Hall–Kier alpha value is -1.35. The van der Waals surface area contributed by atoms with Crippen molar-refractivity contribution >= 4 is 11.6 Å². The first kappa shape index (κ1) is 10.2. The molecule has 3 nitrogen and oxygen atoms in total. The average molecular weight is 205 g/mol. The van der Waals surface area contributed by atoms with E-state index in [0.717, 1.165) is 17.7 Å². The number of fused-ring (bicyclic) bond motifs is 1. The molecule has 1 aromatic rings. The van der Waals surface area contributed by atoms with E-state index in [-0.39, 0.29) is 5.91 Å². The summed E-state index contributed by atoms with van der Waals surface area (Å²) in [4.78, 5) is 13.2. The third-order valence-electron chi connectivity index (χ3n) is 2.94. The van der Waals surface area contributed by atoms with Crippen molar-refractivity contribution in [2.45, 2.75) is 25.9 Å². The summed E-state index contributed by atoms with van der Waals surface area (Å²) in [5.41, 5.74) is 2.97. The van der Waals surface area contributed by atoms with Crippen molar-refractivity contribution in [1.82, 2.24) is 0 Å². The van der Waals surface area contributed by atoms with Crippen molar-refractivity contribution < 1.29 is 9.90 Å². The van der Waals surface area contributed by atoms with E-state index in [0.29, 0.717) is 6.42 Å². The van der Waals surface area contributed by atoms with Gasteiger partial charge in [0.2, 0.25) is 5.91 Å². The molecule has 1 aromatic carbocycles. The Kier molecular flexibility index (Phi) is 2.49. The van der Waals surface area contributed by atoms with Gasteiger partial charge in [-0.3, -0.25) is 4.79 Å². The summed E-state index contributed by atoms with van der Waals surface area (Å²) in [5, 5.41) is 9.47. The van der Waals surface area contributed by atoms with Crippen LogP contribution in [0.2, 0.25) is 0 Å². The van der Waals surface area contributed by atoms with Gasteiger partial charge in [-0.15, -0.1) is 0 Å². The maximum atomic E-state index is 11.5. The monoisotopic (exact) mass is 205 g/mol. The van der Waals surface area contributed by atoms with Crippen molar-refractivity contribution in [3.8, 4) is 0 Å². The second-order valence-electron chi connectivity index (χ2n) is 4.02. The molecule has 0 saturated heterocycles. The maximum Gasteiger partial charge on any atom is 0.227 e. The van der Waals surface area contributed by atoms with Gasteiger partial charge in [-0.2, -0.15) is 0 Å². The third-order valence-corrected chi connectivity index (χ3v) is 2.94. The van der Waals surface area contributed by atoms with Crippen molar-refractivity contribution in [2.75, 3.05) is 11.9 Å². The smallest absolute Gasteiger partial charge is 0.227 e. The van der Waals surface area contributed by atoms with Gasteiger partial charge < -0.3 is 10.0 Å². The average Bonchev–Trinajstić information content (AvgIpc) is 2.23. The van der Waals surface area contributed by atoms with Crippen LogP contribution in [0.25, 0.3) is 0 Å². The van der Waals surface area contributed by atoms with Gasteiger partial charge in [-0.1, -0.05) is 12.1 Å². The quantitative estimate of drug-likeness (QED) is 0.757. The Bertz CT molecular complexity index is 399. The Balaban J connectivity index is 2.45. The first-order valence-corrected chi connectivity index (χ1v) is 5.17. The number of carbonyl (C=O) groups excluding carboxylic acids is 1. The van der Waals surface area contributed by atoms with Crippen molar-refractivity contribution in [2.24, 2.45) is 0 Å². The van der Waals surface area contributed by atoms with Crippen LogP contribution in [0.15, 0.2) is 18.2 Å². The van der Waals surface area contributed by atoms with Crippen LogP contribution in [0, 0.1) is 0 Å². The van der Waals surface area contributed by atoms with E-state index in [9.17, 15) is 9.90 Å². The lowest BCUT2D eigenvalue weighted by molar-refractivity contribution is -0.118. The summed E-state index contributed by atoms with van der Waals surface area (Å²) in [7, 11) is 1.78. The normalized spacial score (nSPS) is 17.5. The number of aliphatic hydroxyl groups excluding tert-OH is 1. The van der Waals surface area contributed by atoms with Crippen molar-refractivity contribution in [3.05, 3.63) is 29.3 Å². The molecule has 1 aliphatic rings. The van der Waals surface area contributed by atoms with Crippen LogP contribution in [0.5, 0.6) is 0 Å². The number of hydrogen-bond donors (Lipinski definition) is 1. The molecule has 15 heavy (non-hydrogen) atoms. The zero-order valence-electron chi connectivity index (χ0n) is 9.03. The molecule has 1 unspecified atom stereocenters. The maximum absolute atomic E-state index is 11.5. The minimum absolute atomic E-state index is 0.144. The molecular formula is C12H15NO2. The second kappa shape index (κ2) is 3.66. The van der Waals surface area contributed by atoms with E-state index in [1.165, 1.54) is 5.56 Å². The predicted molar refractivity (Wildman–Crippen MR) is 58.8 cm³/mol. The minimum Gasteiger partial charge on any atom is -0.389 e. The van der Waals surface area contributed by atoms with Crippen LogP contribution in [0.3, 0.4) is 0 Å². The molecule has 3 heteroatoms. The lowest BCUT2D eigenvalue weighted by Crippen LogP contribution is -2.31. The van der Waals surface area contributed by atoms with Gasteiger partial charge in [0.15, 0.2) is 0 Å². The predicted octanol–water partition coefficient (Wildman–Crippen LogP) is 1.65. The van der Waals surface area contributed by atoms with E-state index < -0.39 is 6.10 Å². The number of anilines is 1. The first-order valence-electron chi connectivity index (χ1n) is 5.17. The van der Waals surface area contributed by atoms with Crippen LogP contribution >= 0.6 is 0 Å². The summed E-state index contributed by atoms with van der Waals surface area (Å²) in [6, 6.07) is 5.82. The number of hydrogen-bond acceptors (Lipinski definition) is 2. The van der Waals surface area contributed by atoms with Gasteiger partial charge in [0.1, 0.15) is 0 Å². The molecule has 0 aliphatic carbocycles. The molecule has 0 bridgehead atoms. The van der Waals surface area contributed by atoms with Crippen LogP contribution in [-0.4, -0.2) is 18.1 Å². The zero-order chi connectivity index (χ0) is 11.0. The molecule has 0 fully saturated rings. The fourth-order valence-corrected chi connectivity index (χ4v) is 1.91. The first-order chi connectivity index (χ1) is 7.09. The standard InChI is InChI=1S/C12H15NO2/c1-8(14)10-4-3-9-5-6-12(15)13(2)11(9)7-10/h3-4,7-8,14H,5-6H2,1-2H3. The topological polar surface area (TPSA) is 40.5 Å². The summed E-state index contributed by atoms with van der Waals surface area (Å²) in [6.07, 6.45) is 0.900. The minimum atomic E-state index is -0.485. The molecular weight excluding hydrogens is 190 g/mol. The number of carbonyl (C=O) groups is 1. The van der Waals surface area contributed by atoms with Crippen LogP contribution in [-0.2, 0) is 11.2 Å². The summed E-state index contributed by atoms with van der Waals surface area (Å²) < 4.78 is 0. The molecule has 2 rings (SSSR count). The van der Waals surface area contributed by atoms with Gasteiger partial charge in [-0.05, 0) is 30.5 Å². The Morgan fingerprint density at radius 3 is 2.80 bits per heavy atom.